The first kappa shape index (κ1) is 13.6. The highest BCUT2D eigenvalue weighted by Crippen LogP contribution is 1.85. The molecule has 0 saturated carbocycles. The summed E-state index contributed by atoms with van der Waals surface area (Å²) < 4.78 is 10.8. The summed E-state index contributed by atoms with van der Waals surface area (Å²) in [6, 6.07) is 1.34. The van der Waals surface area contributed by atoms with Crippen LogP contribution in [0.2, 0.25) is 0 Å². The third kappa shape index (κ3) is 6.62. The van der Waals surface area contributed by atoms with Gasteiger partial charge in [0.15, 0.2) is 0 Å². The minimum absolute atomic E-state index is 0.208. The van der Waals surface area contributed by atoms with E-state index in [1.165, 1.54) is 6.26 Å². The van der Waals surface area contributed by atoms with Crippen LogP contribution in [0.1, 0.15) is 6.92 Å². The van der Waals surface area contributed by atoms with E-state index in [1.54, 1.807) is 13.0 Å². The van der Waals surface area contributed by atoms with Gasteiger partial charge in [-0.15, -0.1) is 0 Å². The second-order valence-electron chi connectivity index (χ2n) is 2.96. The van der Waals surface area contributed by atoms with Crippen molar-refractivity contribution < 1.29 is 13.8 Å². The molecule has 0 aromatic carbocycles. The lowest BCUT2D eigenvalue weighted by atomic mass is 10.4. The number of carbonyl (C=O) groups excluding carboxylic acids is 2. The Kier molecular flexibility index (Phi) is 6.29. The molecule has 0 bridgehead atoms. The molecule has 2 N–H and O–H groups in total. The quantitative estimate of drug-likeness (QED) is 0.455. The van der Waals surface area contributed by atoms with Gasteiger partial charge in [0, 0.05) is 28.9 Å². The first-order valence-electron chi connectivity index (χ1n) is 4.23. The number of nitriles is 1. The average Bonchev–Trinajstić information content (AvgIpc) is 2.12. The predicted octanol–water partition coefficient (Wildman–Crippen LogP) is -1.49. The smallest absolute Gasteiger partial charge is 0.310 e. The van der Waals surface area contributed by atoms with Crippen LogP contribution < -0.4 is 10.6 Å². The third-order valence-corrected chi connectivity index (χ3v) is 2.37. The number of rotatable bonds is 4. The molecule has 2 atom stereocenters. The molecule has 0 heterocycles. The van der Waals surface area contributed by atoms with Gasteiger partial charge in [-0.2, -0.15) is 5.26 Å². The molecule has 0 spiro atoms. The van der Waals surface area contributed by atoms with E-state index in [0.717, 1.165) is 0 Å². The summed E-state index contributed by atoms with van der Waals surface area (Å²) >= 11 is 0. The normalized spacial score (nSPS) is 13.4. The van der Waals surface area contributed by atoms with Crippen LogP contribution in [0.15, 0.2) is 0 Å². The Morgan fingerprint density at radius 3 is 2.53 bits per heavy atom. The van der Waals surface area contributed by atoms with Gasteiger partial charge in [-0.3, -0.25) is 13.8 Å². The number of hydrogen-bond donors (Lipinski definition) is 2. The maximum atomic E-state index is 11.1. The second kappa shape index (κ2) is 6.95. The Balaban J connectivity index is 3.97. The number of carbonyl (C=O) groups is 2. The molecule has 7 heteroatoms. The molecular weight excluding hydrogens is 218 g/mol. The molecule has 2 unspecified atom stereocenters. The molecule has 0 rings (SSSR count). The summed E-state index contributed by atoms with van der Waals surface area (Å²) in [6.45, 7) is 1.44. The van der Waals surface area contributed by atoms with Crippen molar-refractivity contribution >= 4 is 22.6 Å². The highest BCUT2D eigenvalue weighted by Gasteiger charge is 2.15. The average molecular weight is 231 g/mol. The molecule has 0 radical (unpaired) electrons. The van der Waals surface area contributed by atoms with Crippen molar-refractivity contribution in [1.82, 2.24) is 10.6 Å². The van der Waals surface area contributed by atoms with Crippen molar-refractivity contribution in [1.29, 1.82) is 5.26 Å². The fraction of sp³-hybridized carbons (Fsp3) is 0.625. The maximum absolute atomic E-state index is 11.1. The van der Waals surface area contributed by atoms with Crippen LogP contribution in [0.5, 0.6) is 0 Å². The zero-order valence-corrected chi connectivity index (χ0v) is 9.39. The van der Waals surface area contributed by atoms with Crippen molar-refractivity contribution in [2.24, 2.45) is 0 Å². The van der Waals surface area contributed by atoms with Crippen LogP contribution in [0.3, 0.4) is 0 Å². The van der Waals surface area contributed by atoms with Gasteiger partial charge in [0.05, 0.1) is 6.07 Å². The summed E-state index contributed by atoms with van der Waals surface area (Å²) in [5.74, 6) is -1.38. The van der Waals surface area contributed by atoms with Crippen molar-refractivity contribution in [3.05, 3.63) is 0 Å². The number of hydrogen-bond acceptors (Lipinski definition) is 4. The van der Waals surface area contributed by atoms with Crippen molar-refractivity contribution in [2.75, 3.05) is 18.6 Å². The lowest BCUT2D eigenvalue weighted by Gasteiger charge is -2.11. The van der Waals surface area contributed by atoms with E-state index in [-0.39, 0.29) is 18.3 Å². The Hall–Kier alpha value is -1.42. The lowest BCUT2D eigenvalue weighted by Crippen LogP contribution is -2.45. The third-order valence-electron chi connectivity index (χ3n) is 1.40. The molecule has 15 heavy (non-hydrogen) atoms. The topological polar surface area (TPSA) is 99.1 Å². The second-order valence-corrected chi connectivity index (χ2v) is 4.43. The zero-order chi connectivity index (χ0) is 11.8. The summed E-state index contributed by atoms with van der Waals surface area (Å²) in [7, 11) is -1.03. The van der Waals surface area contributed by atoms with E-state index >= 15 is 0 Å². The van der Waals surface area contributed by atoms with E-state index in [0.29, 0.717) is 0 Å². The largest absolute Gasteiger partial charge is 0.344 e. The van der Waals surface area contributed by atoms with Crippen molar-refractivity contribution in [3.63, 3.8) is 0 Å². The van der Waals surface area contributed by atoms with E-state index in [1.807, 2.05) is 0 Å². The molecule has 0 aliphatic heterocycles. The SMILES string of the molecule is CC(CS(C)=O)NC(=O)C(=O)NCC#N. The summed E-state index contributed by atoms with van der Waals surface area (Å²) in [5, 5.41) is 12.6. The number of nitrogens with one attached hydrogen (secondary N) is 2. The first-order chi connectivity index (χ1) is 6.97. The van der Waals surface area contributed by atoms with Gasteiger partial charge in [-0.05, 0) is 6.92 Å². The first-order valence-corrected chi connectivity index (χ1v) is 5.95. The molecule has 6 nitrogen and oxygen atoms in total. The Bertz CT molecular complexity index is 311. The minimum Gasteiger partial charge on any atom is -0.344 e. The minimum atomic E-state index is -1.03. The molecule has 0 aromatic heterocycles. The van der Waals surface area contributed by atoms with Crippen LogP contribution in [0, 0.1) is 11.3 Å². The Morgan fingerprint density at radius 1 is 1.47 bits per heavy atom. The standard InChI is InChI=1S/C8H13N3O3S/c1-6(5-15(2)14)11-8(13)7(12)10-4-3-9/h6H,4-5H2,1-2H3,(H,10,12)(H,11,13). The van der Waals surface area contributed by atoms with Crippen LogP contribution in [0.4, 0.5) is 0 Å². The molecule has 2 amide bonds. The highest BCUT2D eigenvalue weighted by molar-refractivity contribution is 7.84. The van der Waals surface area contributed by atoms with E-state index in [2.05, 4.69) is 10.6 Å². The fourth-order valence-electron chi connectivity index (χ4n) is 0.883. The van der Waals surface area contributed by atoms with Gasteiger partial charge in [-0.1, -0.05) is 0 Å². The lowest BCUT2D eigenvalue weighted by molar-refractivity contribution is -0.139. The molecule has 0 aliphatic rings. The molecule has 0 fully saturated rings. The van der Waals surface area contributed by atoms with E-state index < -0.39 is 22.6 Å². The molecular formula is C8H13N3O3S. The molecule has 0 saturated heterocycles. The van der Waals surface area contributed by atoms with Gasteiger partial charge in [0.2, 0.25) is 0 Å². The summed E-state index contributed by atoms with van der Waals surface area (Å²) in [4.78, 5) is 22.1. The van der Waals surface area contributed by atoms with E-state index in [4.69, 9.17) is 5.26 Å². The highest BCUT2D eigenvalue weighted by atomic mass is 32.2. The number of nitrogens with zero attached hydrogens (tertiary/aromatic N) is 1. The van der Waals surface area contributed by atoms with Crippen LogP contribution in [-0.4, -0.2) is 40.6 Å². The maximum Gasteiger partial charge on any atom is 0.310 e. The van der Waals surface area contributed by atoms with Crippen molar-refractivity contribution in [3.8, 4) is 6.07 Å². The van der Waals surface area contributed by atoms with Gasteiger partial charge < -0.3 is 10.6 Å². The predicted molar refractivity (Wildman–Crippen MR) is 55.2 cm³/mol. The van der Waals surface area contributed by atoms with Crippen molar-refractivity contribution in [2.45, 2.75) is 13.0 Å². The Labute approximate surface area is 90.5 Å². The number of amides is 2. The van der Waals surface area contributed by atoms with Gasteiger partial charge in [0.1, 0.15) is 6.54 Å². The molecule has 0 aliphatic carbocycles. The Morgan fingerprint density at radius 2 is 2.07 bits per heavy atom. The van der Waals surface area contributed by atoms with Gasteiger partial charge in [0.25, 0.3) is 0 Å². The van der Waals surface area contributed by atoms with Gasteiger partial charge in [-0.25, -0.2) is 0 Å². The van der Waals surface area contributed by atoms with Crippen LogP contribution in [0.25, 0.3) is 0 Å². The fourth-order valence-corrected chi connectivity index (χ4v) is 1.67. The summed E-state index contributed by atoms with van der Waals surface area (Å²) in [5.41, 5.74) is 0. The van der Waals surface area contributed by atoms with Crippen LogP contribution >= 0.6 is 0 Å². The van der Waals surface area contributed by atoms with E-state index in [9.17, 15) is 13.8 Å². The molecule has 0 aromatic rings. The van der Waals surface area contributed by atoms with Gasteiger partial charge >= 0.3 is 11.8 Å². The molecule has 84 valence electrons. The van der Waals surface area contributed by atoms with Crippen LogP contribution in [-0.2, 0) is 20.4 Å². The zero-order valence-electron chi connectivity index (χ0n) is 8.57. The summed E-state index contributed by atoms with van der Waals surface area (Å²) in [6.07, 6.45) is 1.51. The monoisotopic (exact) mass is 231 g/mol.